The van der Waals surface area contributed by atoms with Gasteiger partial charge in [-0.15, -0.1) is 0 Å². The number of hydrogen-bond donors (Lipinski definition) is 1. The first-order valence-electron chi connectivity index (χ1n) is 7.16. The standard InChI is InChI=1S/C15H17N3O2/c19-15-7-10(17-14-3-1-2-6-18(14)15)9-16-12-8-11-4-5-13(12)20-11/h1-3,6-7,11-13,16H,4-5,8-9H2. The summed E-state index contributed by atoms with van der Waals surface area (Å²) < 4.78 is 7.38. The second kappa shape index (κ2) is 4.68. The molecule has 0 aromatic carbocycles. The highest BCUT2D eigenvalue weighted by atomic mass is 16.5. The van der Waals surface area contributed by atoms with E-state index in [4.69, 9.17) is 4.74 Å². The second-order valence-electron chi connectivity index (χ2n) is 5.61. The van der Waals surface area contributed by atoms with Crippen molar-refractivity contribution in [2.75, 3.05) is 0 Å². The molecule has 2 aromatic rings. The minimum absolute atomic E-state index is 0.0309. The minimum Gasteiger partial charge on any atom is -0.373 e. The zero-order valence-corrected chi connectivity index (χ0v) is 11.2. The summed E-state index contributed by atoms with van der Waals surface area (Å²) in [5.74, 6) is 0. The van der Waals surface area contributed by atoms with E-state index in [-0.39, 0.29) is 5.56 Å². The van der Waals surface area contributed by atoms with Gasteiger partial charge in [-0.1, -0.05) is 6.07 Å². The highest BCUT2D eigenvalue weighted by Crippen LogP contribution is 2.34. The normalized spacial score (nSPS) is 28.3. The van der Waals surface area contributed by atoms with Crippen LogP contribution in [0.1, 0.15) is 25.0 Å². The van der Waals surface area contributed by atoms with Gasteiger partial charge in [0.15, 0.2) is 0 Å². The largest absolute Gasteiger partial charge is 0.373 e. The van der Waals surface area contributed by atoms with Gasteiger partial charge in [-0.2, -0.15) is 0 Å². The number of rotatable bonds is 3. The SMILES string of the molecule is O=c1cc(CNC2CC3CCC2O3)nc2ccccn12. The van der Waals surface area contributed by atoms with E-state index in [0.717, 1.165) is 18.5 Å². The van der Waals surface area contributed by atoms with E-state index in [0.29, 0.717) is 30.4 Å². The average Bonchev–Trinajstić information content (AvgIpc) is 3.08. The number of aromatic nitrogens is 2. The van der Waals surface area contributed by atoms with Gasteiger partial charge < -0.3 is 10.1 Å². The molecule has 0 saturated carbocycles. The van der Waals surface area contributed by atoms with Crippen molar-refractivity contribution in [3.05, 3.63) is 46.5 Å². The summed E-state index contributed by atoms with van der Waals surface area (Å²) in [6, 6.07) is 7.59. The third kappa shape index (κ3) is 2.03. The van der Waals surface area contributed by atoms with E-state index < -0.39 is 0 Å². The maximum Gasteiger partial charge on any atom is 0.258 e. The predicted molar refractivity (Wildman–Crippen MR) is 74.6 cm³/mol. The number of nitrogens with one attached hydrogen (secondary N) is 1. The first kappa shape index (κ1) is 12.1. The van der Waals surface area contributed by atoms with Crippen LogP contribution in [0.3, 0.4) is 0 Å². The molecule has 4 heterocycles. The third-order valence-electron chi connectivity index (χ3n) is 4.28. The number of nitrogens with zero attached hydrogens (tertiary/aromatic N) is 2. The van der Waals surface area contributed by atoms with Crippen molar-refractivity contribution < 1.29 is 4.74 Å². The third-order valence-corrected chi connectivity index (χ3v) is 4.28. The van der Waals surface area contributed by atoms with Crippen molar-refractivity contribution in [3.8, 4) is 0 Å². The lowest BCUT2D eigenvalue weighted by Gasteiger charge is -2.19. The van der Waals surface area contributed by atoms with Crippen LogP contribution in [0.2, 0.25) is 0 Å². The first-order chi connectivity index (χ1) is 9.79. The van der Waals surface area contributed by atoms with Crippen molar-refractivity contribution in [2.24, 2.45) is 0 Å². The smallest absolute Gasteiger partial charge is 0.258 e. The minimum atomic E-state index is -0.0309. The molecule has 4 rings (SSSR count). The molecule has 5 nitrogen and oxygen atoms in total. The zero-order chi connectivity index (χ0) is 13.5. The summed E-state index contributed by atoms with van der Waals surface area (Å²) >= 11 is 0. The van der Waals surface area contributed by atoms with Crippen LogP contribution in [0.15, 0.2) is 35.3 Å². The van der Waals surface area contributed by atoms with Gasteiger partial charge in [0.05, 0.1) is 17.9 Å². The molecular weight excluding hydrogens is 254 g/mol. The topological polar surface area (TPSA) is 55.6 Å². The lowest BCUT2D eigenvalue weighted by atomic mass is 9.95. The second-order valence-corrected chi connectivity index (χ2v) is 5.61. The Labute approximate surface area is 116 Å². The zero-order valence-electron chi connectivity index (χ0n) is 11.2. The molecule has 3 unspecified atom stereocenters. The molecule has 5 heteroatoms. The highest BCUT2D eigenvalue weighted by Gasteiger charge is 2.40. The lowest BCUT2D eigenvalue weighted by molar-refractivity contribution is 0.0972. The molecular formula is C15H17N3O2. The molecule has 1 N–H and O–H groups in total. The number of pyridine rings is 1. The van der Waals surface area contributed by atoms with Crippen molar-refractivity contribution in [2.45, 2.75) is 44.1 Å². The van der Waals surface area contributed by atoms with E-state index in [2.05, 4.69) is 10.3 Å². The fourth-order valence-corrected chi connectivity index (χ4v) is 3.28. The van der Waals surface area contributed by atoms with Gasteiger partial charge in [-0.05, 0) is 31.4 Å². The van der Waals surface area contributed by atoms with E-state index in [1.807, 2.05) is 18.2 Å². The Morgan fingerprint density at radius 2 is 2.35 bits per heavy atom. The van der Waals surface area contributed by atoms with Gasteiger partial charge >= 0.3 is 0 Å². The summed E-state index contributed by atoms with van der Waals surface area (Å²) in [7, 11) is 0. The Morgan fingerprint density at radius 1 is 1.40 bits per heavy atom. The van der Waals surface area contributed by atoms with Crippen molar-refractivity contribution in [3.63, 3.8) is 0 Å². The molecule has 0 spiro atoms. The van der Waals surface area contributed by atoms with Crippen LogP contribution in [-0.4, -0.2) is 27.6 Å². The summed E-state index contributed by atoms with van der Waals surface area (Å²) in [4.78, 5) is 16.5. The van der Waals surface area contributed by atoms with Gasteiger partial charge in [0.1, 0.15) is 5.65 Å². The van der Waals surface area contributed by atoms with Crippen LogP contribution in [0.25, 0.3) is 5.65 Å². The Bertz CT molecular complexity index is 697. The van der Waals surface area contributed by atoms with Crippen LogP contribution in [0.5, 0.6) is 0 Å². The Balaban J connectivity index is 1.53. The van der Waals surface area contributed by atoms with Crippen molar-refractivity contribution >= 4 is 5.65 Å². The van der Waals surface area contributed by atoms with Crippen LogP contribution < -0.4 is 10.9 Å². The van der Waals surface area contributed by atoms with Crippen LogP contribution in [-0.2, 0) is 11.3 Å². The quantitative estimate of drug-likeness (QED) is 0.908. The fraction of sp³-hybridized carbons (Fsp3) is 0.467. The maximum atomic E-state index is 12.0. The Kier molecular flexibility index (Phi) is 2.82. The molecule has 0 radical (unpaired) electrons. The molecule has 3 atom stereocenters. The maximum absolute atomic E-state index is 12.0. The molecule has 104 valence electrons. The molecule has 0 aliphatic carbocycles. The van der Waals surface area contributed by atoms with E-state index >= 15 is 0 Å². The number of fused-ring (bicyclic) bond motifs is 3. The monoisotopic (exact) mass is 271 g/mol. The van der Waals surface area contributed by atoms with Crippen LogP contribution in [0.4, 0.5) is 0 Å². The molecule has 2 saturated heterocycles. The highest BCUT2D eigenvalue weighted by molar-refractivity contribution is 5.37. The van der Waals surface area contributed by atoms with Crippen LogP contribution >= 0.6 is 0 Å². The number of hydrogen-bond acceptors (Lipinski definition) is 4. The van der Waals surface area contributed by atoms with E-state index in [9.17, 15) is 4.79 Å². The summed E-state index contributed by atoms with van der Waals surface area (Å²) in [5.41, 5.74) is 1.46. The molecule has 0 amide bonds. The summed E-state index contributed by atoms with van der Waals surface area (Å²) in [6.07, 6.45) is 5.95. The summed E-state index contributed by atoms with van der Waals surface area (Å²) in [5, 5.41) is 3.49. The lowest BCUT2D eigenvalue weighted by Crippen LogP contribution is -2.37. The van der Waals surface area contributed by atoms with Crippen molar-refractivity contribution in [1.82, 2.24) is 14.7 Å². The number of ether oxygens (including phenoxy) is 1. The predicted octanol–water partition coefficient (Wildman–Crippen LogP) is 1.10. The van der Waals surface area contributed by atoms with Gasteiger partial charge in [-0.25, -0.2) is 4.98 Å². The van der Waals surface area contributed by atoms with Crippen LogP contribution in [0, 0.1) is 0 Å². The molecule has 2 aliphatic heterocycles. The van der Waals surface area contributed by atoms with E-state index in [1.54, 1.807) is 16.7 Å². The van der Waals surface area contributed by atoms with Crippen molar-refractivity contribution in [1.29, 1.82) is 0 Å². The fourth-order valence-electron chi connectivity index (χ4n) is 3.28. The van der Waals surface area contributed by atoms with E-state index in [1.165, 1.54) is 6.42 Å². The first-order valence-corrected chi connectivity index (χ1v) is 7.16. The molecule has 2 bridgehead atoms. The van der Waals surface area contributed by atoms with Gasteiger partial charge in [0.2, 0.25) is 0 Å². The van der Waals surface area contributed by atoms with Gasteiger partial charge in [-0.3, -0.25) is 9.20 Å². The molecule has 2 fully saturated rings. The molecule has 20 heavy (non-hydrogen) atoms. The summed E-state index contributed by atoms with van der Waals surface area (Å²) in [6.45, 7) is 0.623. The van der Waals surface area contributed by atoms with Gasteiger partial charge in [0, 0.05) is 24.8 Å². The van der Waals surface area contributed by atoms with Gasteiger partial charge in [0.25, 0.3) is 5.56 Å². The average molecular weight is 271 g/mol. The Morgan fingerprint density at radius 3 is 3.15 bits per heavy atom. The molecule has 2 aromatic heterocycles. The molecule has 2 aliphatic rings. The Hall–Kier alpha value is -1.72.